The van der Waals surface area contributed by atoms with E-state index in [1.54, 1.807) is 12.2 Å². The lowest BCUT2D eigenvalue weighted by molar-refractivity contribution is -0.178. The molecule has 0 unspecified atom stereocenters. The van der Waals surface area contributed by atoms with Gasteiger partial charge in [-0.3, -0.25) is 9.59 Å². The molecule has 0 saturated heterocycles. The highest BCUT2D eigenvalue weighted by Crippen LogP contribution is 2.67. The summed E-state index contributed by atoms with van der Waals surface area (Å²) in [5.41, 5.74) is -1.54. The zero-order valence-electron chi connectivity index (χ0n) is 15.4. The summed E-state index contributed by atoms with van der Waals surface area (Å²) < 4.78 is 0. The van der Waals surface area contributed by atoms with Crippen LogP contribution in [0.4, 0.5) is 0 Å². The highest BCUT2D eigenvalue weighted by molar-refractivity contribution is 6.01. The van der Waals surface area contributed by atoms with Gasteiger partial charge >= 0.3 is 0 Å². The van der Waals surface area contributed by atoms with Crippen LogP contribution in [0.3, 0.4) is 0 Å². The molecule has 0 heterocycles. The second kappa shape index (κ2) is 5.60. The van der Waals surface area contributed by atoms with Gasteiger partial charge in [-0.05, 0) is 56.1 Å². The Balaban J connectivity index is 1.75. The molecule has 5 nitrogen and oxygen atoms in total. The average Bonchev–Trinajstić information content (AvgIpc) is 2.86. The van der Waals surface area contributed by atoms with Crippen LogP contribution in [-0.2, 0) is 9.59 Å². The normalized spacial score (nSPS) is 49.9. The third-order valence-electron chi connectivity index (χ3n) is 8.25. The van der Waals surface area contributed by atoms with Crippen molar-refractivity contribution in [1.82, 2.24) is 0 Å². The molecule has 0 amide bonds. The highest BCUT2D eigenvalue weighted by atomic mass is 16.3. The summed E-state index contributed by atoms with van der Waals surface area (Å²) in [7, 11) is 0. The Morgan fingerprint density at radius 3 is 2.73 bits per heavy atom. The molecule has 3 saturated carbocycles. The van der Waals surface area contributed by atoms with Gasteiger partial charge in [-0.1, -0.05) is 25.5 Å². The predicted molar refractivity (Wildman–Crippen MR) is 95.0 cm³/mol. The van der Waals surface area contributed by atoms with E-state index in [2.05, 4.69) is 6.92 Å². The van der Waals surface area contributed by atoms with E-state index in [0.717, 1.165) is 24.8 Å². The summed E-state index contributed by atoms with van der Waals surface area (Å²) in [6, 6.07) is 0. The number of allylic oxidation sites excluding steroid dienone is 4. The molecular formula is C21H28O5. The SMILES string of the molecule is C[C@]12C=CC(=O)C=C1CC[C@H]1[C@H]2[C@H](O)C[C@@]2(C)[C@@H]1CC[C@@]2(O)C(=O)CO. The molecule has 26 heavy (non-hydrogen) atoms. The fraction of sp³-hybridized carbons (Fsp3) is 0.714. The molecule has 0 aromatic heterocycles. The van der Waals surface area contributed by atoms with Gasteiger partial charge in [-0.25, -0.2) is 0 Å². The Kier molecular flexibility index (Phi) is 3.89. The first kappa shape index (κ1) is 18.1. The van der Waals surface area contributed by atoms with E-state index in [1.165, 1.54) is 0 Å². The molecule has 3 N–H and O–H groups in total. The van der Waals surface area contributed by atoms with Crippen molar-refractivity contribution in [2.75, 3.05) is 6.61 Å². The molecule has 142 valence electrons. The third-order valence-corrected chi connectivity index (χ3v) is 8.25. The number of hydrogen-bond acceptors (Lipinski definition) is 5. The molecule has 0 aromatic carbocycles. The van der Waals surface area contributed by atoms with E-state index in [9.17, 15) is 24.9 Å². The first-order valence-corrected chi connectivity index (χ1v) is 9.66. The molecule has 3 fully saturated rings. The van der Waals surface area contributed by atoms with Gasteiger partial charge in [0.25, 0.3) is 0 Å². The number of rotatable bonds is 2. The molecule has 7 atom stereocenters. The van der Waals surface area contributed by atoms with Crippen molar-refractivity contribution in [3.63, 3.8) is 0 Å². The van der Waals surface area contributed by atoms with Crippen LogP contribution in [0.2, 0.25) is 0 Å². The van der Waals surface area contributed by atoms with Crippen molar-refractivity contribution in [3.05, 3.63) is 23.8 Å². The maximum atomic E-state index is 12.4. The highest BCUT2D eigenvalue weighted by Gasteiger charge is 2.67. The second-order valence-corrected chi connectivity index (χ2v) is 9.19. The van der Waals surface area contributed by atoms with E-state index < -0.39 is 29.5 Å². The first-order chi connectivity index (χ1) is 12.2. The van der Waals surface area contributed by atoms with Gasteiger partial charge < -0.3 is 15.3 Å². The maximum Gasteiger partial charge on any atom is 0.190 e. The molecule has 4 aliphatic carbocycles. The smallest absolute Gasteiger partial charge is 0.190 e. The molecule has 0 aliphatic heterocycles. The molecule has 4 rings (SSSR count). The number of Topliss-reactive ketones (excluding diaryl/α,β-unsaturated/α-hetero) is 1. The average molecular weight is 360 g/mol. The topological polar surface area (TPSA) is 94.8 Å². The number of ketones is 2. The van der Waals surface area contributed by atoms with E-state index in [1.807, 2.05) is 13.0 Å². The van der Waals surface area contributed by atoms with Crippen LogP contribution in [0.5, 0.6) is 0 Å². The van der Waals surface area contributed by atoms with Gasteiger partial charge in [0.2, 0.25) is 0 Å². The Bertz CT molecular complexity index is 724. The zero-order valence-corrected chi connectivity index (χ0v) is 15.4. The molecule has 0 aromatic rings. The van der Waals surface area contributed by atoms with Gasteiger partial charge in [-0.2, -0.15) is 0 Å². The summed E-state index contributed by atoms with van der Waals surface area (Å²) in [5.74, 6) is -0.227. The molecule has 0 radical (unpaired) electrons. The van der Waals surface area contributed by atoms with Gasteiger partial charge in [-0.15, -0.1) is 0 Å². The van der Waals surface area contributed by atoms with Crippen LogP contribution < -0.4 is 0 Å². The van der Waals surface area contributed by atoms with Gasteiger partial charge in [0.15, 0.2) is 11.6 Å². The van der Waals surface area contributed by atoms with E-state index >= 15 is 0 Å². The zero-order chi connectivity index (χ0) is 18.9. The van der Waals surface area contributed by atoms with Crippen molar-refractivity contribution < 1.29 is 24.9 Å². The first-order valence-electron chi connectivity index (χ1n) is 9.66. The molecule has 5 heteroatoms. The monoisotopic (exact) mass is 360 g/mol. The molecule has 4 aliphatic rings. The standard InChI is InChI=1S/C21H28O5/c1-19-7-5-13(23)9-12(19)3-4-14-15-6-8-21(26,17(25)11-22)20(15,2)10-16(24)18(14)19/h5,7,9,14-16,18,22,24,26H,3-4,6,8,10-11H2,1-2H3/t14-,15-,16-,18+,19+,20+,21-/m1/s1. The predicted octanol–water partition coefficient (Wildman–Crippen LogP) is 1.56. The maximum absolute atomic E-state index is 12.4. The summed E-state index contributed by atoms with van der Waals surface area (Å²) >= 11 is 0. The van der Waals surface area contributed by atoms with Gasteiger partial charge in [0, 0.05) is 16.7 Å². The minimum Gasteiger partial charge on any atom is -0.393 e. The fourth-order valence-corrected chi connectivity index (χ4v) is 6.92. The number of aliphatic hydroxyl groups excluding tert-OH is 2. The fourth-order valence-electron chi connectivity index (χ4n) is 6.92. The molecular weight excluding hydrogens is 332 g/mol. The molecule has 0 spiro atoms. The number of carbonyl (C=O) groups excluding carboxylic acids is 2. The van der Waals surface area contributed by atoms with E-state index in [-0.39, 0.29) is 29.0 Å². The van der Waals surface area contributed by atoms with Crippen LogP contribution in [0.25, 0.3) is 0 Å². The van der Waals surface area contributed by atoms with E-state index in [4.69, 9.17) is 0 Å². The summed E-state index contributed by atoms with van der Waals surface area (Å²) in [6.45, 7) is 3.34. The van der Waals surface area contributed by atoms with Crippen LogP contribution in [0.1, 0.15) is 46.0 Å². The van der Waals surface area contributed by atoms with Crippen LogP contribution >= 0.6 is 0 Å². The van der Waals surface area contributed by atoms with Crippen molar-refractivity contribution in [3.8, 4) is 0 Å². The Morgan fingerprint density at radius 1 is 1.31 bits per heavy atom. The molecule has 0 bridgehead atoms. The quantitative estimate of drug-likeness (QED) is 0.695. The lowest BCUT2D eigenvalue weighted by atomic mass is 9.46. The number of aliphatic hydroxyl groups is 3. The third kappa shape index (κ3) is 2.08. The lowest BCUT2D eigenvalue weighted by Gasteiger charge is -2.59. The largest absolute Gasteiger partial charge is 0.393 e. The summed E-state index contributed by atoms with van der Waals surface area (Å²) in [6.07, 6.45) is 7.68. The number of carbonyl (C=O) groups is 2. The second-order valence-electron chi connectivity index (χ2n) is 9.19. The minimum absolute atomic E-state index is 0.00912. The van der Waals surface area contributed by atoms with Crippen molar-refractivity contribution >= 4 is 11.6 Å². The van der Waals surface area contributed by atoms with Crippen molar-refractivity contribution in [2.45, 2.75) is 57.7 Å². The summed E-state index contributed by atoms with van der Waals surface area (Å²) in [4.78, 5) is 24.2. The Morgan fingerprint density at radius 2 is 2.04 bits per heavy atom. The number of hydrogen-bond donors (Lipinski definition) is 3. The van der Waals surface area contributed by atoms with Gasteiger partial charge in [0.1, 0.15) is 12.2 Å². The van der Waals surface area contributed by atoms with Crippen LogP contribution in [-0.4, -0.2) is 45.2 Å². The minimum atomic E-state index is -1.56. The van der Waals surface area contributed by atoms with Crippen molar-refractivity contribution in [1.29, 1.82) is 0 Å². The van der Waals surface area contributed by atoms with E-state index in [0.29, 0.717) is 12.8 Å². The Hall–Kier alpha value is -1.30. The number of fused-ring (bicyclic) bond motifs is 5. The van der Waals surface area contributed by atoms with Crippen LogP contribution in [0.15, 0.2) is 23.8 Å². The lowest BCUT2D eigenvalue weighted by Crippen LogP contribution is -2.61. The Labute approximate surface area is 153 Å². The summed E-state index contributed by atoms with van der Waals surface area (Å²) in [5, 5.41) is 31.7. The van der Waals surface area contributed by atoms with Crippen molar-refractivity contribution in [2.24, 2.45) is 28.6 Å². The van der Waals surface area contributed by atoms with Gasteiger partial charge in [0.05, 0.1) is 6.10 Å². The van der Waals surface area contributed by atoms with Crippen LogP contribution in [0, 0.1) is 28.6 Å².